The summed E-state index contributed by atoms with van der Waals surface area (Å²) in [6.07, 6.45) is 0.893. The van der Waals surface area contributed by atoms with E-state index in [4.69, 9.17) is 11.5 Å². The van der Waals surface area contributed by atoms with E-state index >= 15 is 0 Å². The number of amides is 1. The quantitative estimate of drug-likeness (QED) is 0.632. The van der Waals surface area contributed by atoms with E-state index in [-0.39, 0.29) is 18.3 Å². The van der Waals surface area contributed by atoms with Gasteiger partial charge in [0.1, 0.15) is 0 Å². The Balaban J connectivity index is 0. The summed E-state index contributed by atoms with van der Waals surface area (Å²) in [6, 6.07) is -0.477. The third kappa shape index (κ3) is 3.69. The maximum Gasteiger partial charge on any atom is 0.234 e. The molecule has 0 aromatic heterocycles. The van der Waals surface area contributed by atoms with Crippen LogP contribution in [-0.2, 0) is 4.79 Å². The number of carbonyl (C=O) groups is 1. The maximum atomic E-state index is 10.4. The molecule has 0 aliphatic carbocycles. The van der Waals surface area contributed by atoms with E-state index < -0.39 is 11.9 Å². The first-order chi connectivity index (χ1) is 4.09. The summed E-state index contributed by atoms with van der Waals surface area (Å²) in [4.78, 5) is 10.4. The second kappa shape index (κ2) is 5.50. The van der Waals surface area contributed by atoms with Crippen LogP contribution in [0.25, 0.3) is 0 Å². The Morgan fingerprint density at radius 1 is 1.60 bits per heavy atom. The van der Waals surface area contributed by atoms with Gasteiger partial charge in [-0.15, -0.1) is 12.4 Å². The van der Waals surface area contributed by atoms with Crippen molar-refractivity contribution in [3.63, 3.8) is 0 Å². The Bertz CT molecular complexity index is 108. The molecule has 0 fully saturated rings. The second-order valence-electron chi connectivity index (χ2n) is 2.31. The van der Waals surface area contributed by atoms with Crippen molar-refractivity contribution in [2.75, 3.05) is 0 Å². The van der Waals surface area contributed by atoms with Crippen molar-refractivity contribution >= 4 is 18.3 Å². The highest BCUT2D eigenvalue weighted by Gasteiger charge is 2.15. The molecule has 2 atom stereocenters. The highest BCUT2D eigenvalue weighted by molar-refractivity contribution is 5.85. The molecule has 0 spiro atoms. The molecule has 62 valence electrons. The SMILES string of the molecule is CCC(C)C(N)C(N)=O.Cl. The first-order valence-electron chi connectivity index (χ1n) is 3.14. The van der Waals surface area contributed by atoms with Gasteiger partial charge >= 0.3 is 0 Å². The lowest BCUT2D eigenvalue weighted by Crippen LogP contribution is -2.41. The van der Waals surface area contributed by atoms with Crippen LogP contribution in [0.3, 0.4) is 0 Å². The molecule has 4 N–H and O–H groups in total. The molecule has 0 saturated heterocycles. The van der Waals surface area contributed by atoms with Crippen molar-refractivity contribution in [2.45, 2.75) is 26.3 Å². The number of nitrogens with two attached hydrogens (primary N) is 2. The van der Waals surface area contributed by atoms with Crippen LogP contribution in [0.5, 0.6) is 0 Å². The lowest BCUT2D eigenvalue weighted by molar-refractivity contribution is -0.120. The van der Waals surface area contributed by atoms with Crippen molar-refractivity contribution in [2.24, 2.45) is 17.4 Å². The molecule has 0 radical (unpaired) electrons. The minimum Gasteiger partial charge on any atom is -0.368 e. The fourth-order valence-electron chi connectivity index (χ4n) is 0.534. The monoisotopic (exact) mass is 166 g/mol. The Hall–Kier alpha value is -0.280. The third-order valence-corrected chi connectivity index (χ3v) is 1.59. The van der Waals surface area contributed by atoms with Gasteiger partial charge in [0.05, 0.1) is 6.04 Å². The Morgan fingerprint density at radius 2 is 2.00 bits per heavy atom. The van der Waals surface area contributed by atoms with Crippen LogP contribution < -0.4 is 11.5 Å². The topological polar surface area (TPSA) is 69.1 Å². The highest BCUT2D eigenvalue weighted by Crippen LogP contribution is 2.03. The predicted molar refractivity (Wildman–Crippen MR) is 43.9 cm³/mol. The molecule has 0 rings (SSSR count). The summed E-state index contributed by atoms with van der Waals surface area (Å²) in [6.45, 7) is 3.89. The first-order valence-corrected chi connectivity index (χ1v) is 3.14. The lowest BCUT2D eigenvalue weighted by Gasteiger charge is -2.13. The van der Waals surface area contributed by atoms with Crippen LogP contribution in [0.15, 0.2) is 0 Å². The van der Waals surface area contributed by atoms with Gasteiger partial charge in [-0.3, -0.25) is 4.79 Å². The smallest absolute Gasteiger partial charge is 0.234 e. The summed E-state index contributed by atoms with van der Waals surface area (Å²) in [7, 11) is 0. The van der Waals surface area contributed by atoms with Gasteiger partial charge in [-0.05, 0) is 5.92 Å². The van der Waals surface area contributed by atoms with Crippen molar-refractivity contribution < 1.29 is 4.79 Å². The average molecular weight is 167 g/mol. The minimum absolute atomic E-state index is 0. The Labute approximate surface area is 67.6 Å². The normalized spacial score (nSPS) is 15.1. The van der Waals surface area contributed by atoms with Gasteiger partial charge in [0, 0.05) is 0 Å². The summed E-state index contributed by atoms with van der Waals surface area (Å²) in [5.74, 6) is -0.216. The predicted octanol–water partition coefficient (Wildman–Crippen LogP) is 0.267. The zero-order valence-corrected chi connectivity index (χ0v) is 7.15. The molecule has 0 bridgehead atoms. The molecule has 0 aromatic rings. The van der Waals surface area contributed by atoms with Gasteiger partial charge in [-0.2, -0.15) is 0 Å². The van der Waals surface area contributed by atoms with E-state index in [2.05, 4.69) is 0 Å². The zero-order valence-electron chi connectivity index (χ0n) is 6.33. The van der Waals surface area contributed by atoms with Crippen molar-refractivity contribution in [1.29, 1.82) is 0 Å². The van der Waals surface area contributed by atoms with E-state index in [0.29, 0.717) is 0 Å². The third-order valence-electron chi connectivity index (χ3n) is 1.59. The van der Waals surface area contributed by atoms with Crippen molar-refractivity contribution in [3.05, 3.63) is 0 Å². The number of halogens is 1. The second-order valence-corrected chi connectivity index (χ2v) is 2.31. The molecular formula is C6H15ClN2O. The summed E-state index contributed by atoms with van der Waals surface area (Å²) >= 11 is 0. The Kier molecular flexibility index (Phi) is 6.82. The molecular weight excluding hydrogens is 152 g/mol. The molecule has 0 aromatic carbocycles. The van der Waals surface area contributed by atoms with Gasteiger partial charge < -0.3 is 11.5 Å². The van der Waals surface area contributed by atoms with E-state index in [1.165, 1.54) is 0 Å². The molecule has 0 saturated carbocycles. The van der Waals surface area contributed by atoms with Gasteiger partial charge in [0.2, 0.25) is 5.91 Å². The highest BCUT2D eigenvalue weighted by atomic mass is 35.5. The molecule has 0 aliphatic heterocycles. The molecule has 0 heterocycles. The molecule has 4 heteroatoms. The summed E-state index contributed by atoms with van der Waals surface area (Å²) < 4.78 is 0. The van der Waals surface area contributed by atoms with Gasteiger partial charge in [-0.1, -0.05) is 20.3 Å². The Morgan fingerprint density at radius 3 is 2.10 bits per heavy atom. The van der Waals surface area contributed by atoms with Crippen LogP contribution in [0, 0.1) is 5.92 Å². The fourth-order valence-corrected chi connectivity index (χ4v) is 0.534. The maximum absolute atomic E-state index is 10.4. The minimum atomic E-state index is -0.477. The summed E-state index contributed by atoms with van der Waals surface area (Å²) in [5, 5.41) is 0. The molecule has 1 amide bonds. The number of rotatable bonds is 3. The van der Waals surface area contributed by atoms with E-state index in [1.54, 1.807) is 0 Å². The first kappa shape index (κ1) is 12.4. The van der Waals surface area contributed by atoms with E-state index in [1.807, 2.05) is 13.8 Å². The van der Waals surface area contributed by atoms with Crippen LogP contribution in [0.1, 0.15) is 20.3 Å². The van der Waals surface area contributed by atoms with Crippen molar-refractivity contribution in [3.8, 4) is 0 Å². The average Bonchev–Trinajstić information content (AvgIpc) is 1.84. The van der Waals surface area contributed by atoms with Gasteiger partial charge in [0.25, 0.3) is 0 Å². The van der Waals surface area contributed by atoms with Crippen LogP contribution in [0.2, 0.25) is 0 Å². The number of hydrogen-bond donors (Lipinski definition) is 2. The van der Waals surface area contributed by atoms with Gasteiger partial charge in [-0.25, -0.2) is 0 Å². The number of carbonyl (C=O) groups excluding carboxylic acids is 1. The summed E-state index contributed by atoms with van der Waals surface area (Å²) in [5.41, 5.74) is 10.3. The van der Waals surface area contributed by atoms with Crippen molar-refractivity contribution in [1.82, 2.24) is 0 Å². The number of hydrogen-bond acceptors (Lipinski definition) is 2. The standard InChI is InChI=1S/C6H14N2O.ClH/c1-3-4(2)5(7)6(8)9;/h4-5H,3,7H2,1-2H3,(H2,8,9);1H. The largest absolute Gasteiger partial charge is 0.368 e. The molecule has 2 unspecified atom stereocenters. The van der Waals surface area contributed by atoms with E-state index in [9.17, 15) is 4.79 Å². The van der Waals surface area contributed by atoms with Crippen LogP contribution in [0.4, 0.5) is 0 Å². The van der Waals surface area contributed by atoms with Crippen LogP contribution >= 0.6 is 12.4 Å². The molecule has 10 heavy (non-hydrogen) atoms. The molecule has 3 nitrogen and oxygen atoms in total. The van der Waals surface area contributed by atoms with Crippen LogP contribution in [-0.4, -0.2) is 11.9 Å². The molecule has 0 aliphatic rings. The van der Waals surface area contributed by atoms with E-state index in [0.717, 1.165) is 6.42 Å². The van der Waals surface area contributed by atoms with Gasteiger partial charge in [0.15, 0.2) is 0 Å². The fraction of sp³-hybridized carbons (Fsp3) is 0.833. The number of primary amides is 1. The zero-order chi connectivity index (χ0) is 7.44. The lowest BCUT2D eigenvalue weighted by atomic mass is 10.00.